The van der Waals surface area contributed by atoms with E-state index in [1.807, 2.05) is 81.5 Å². The minimum Gasteiger partial charge on any atom is -0.497 e. The molecule has 65 heavy (non-hydrogen) atoms. The predicted octanol–water partition coefficient (Wildman–Crippen LogP) is 13.1. The molecule has 0 amide bonds. The SMILES string of the molecule is CCCc1nc(C)c2c(C)nc3ccc(OC)cc3n12.Cc1nc(-c2ccccc2Cl)n2c1c(C)nc1ccc(F)cc12.Cc1nc(C2CCCCC2)n2c1c(C)nc1ccc(F)cc12. The average Bonchev–Trinajstić information content (AvgIpc) is 3.96. The van der Waals surface area contributed by atoms with E-state index < -0.39 is 0 Å². The summed E-state index contributed by atoms with van der Waals surface area (Å²) in [4.78, 5) is 28.2. The fourth-order valence-electron chi connectivity index (χ4n) is 9.67. The fourth-order valence-corrected chi connectivity index (χ4v) is 9.89. The van der Waals surface area contributed by atoms with Crippen LogP contribution >= 0.6 is 11.6 Å². The molecule has 1 aliphatic carbocycles. The van der Waals surface area contributed by atoms with Gasteiger partial charge in [0.25, 0.3) is 0 Å². The second kappa shape index (κ2) is 17.8. The maximum atomic E-state index is 13.8. The van der Waals surface area contributed by atoms with E-state index in [0.29, 0.717) is 22.3 Å². The van der Waals surface area contributed by atoms with Crippen molar-refractivity contribution in [2.24, 2.45) is 0 Å². The van der Waals surface area contributed by atoms with Gasteiger partial charge in [-0.3, -0.25) is 13.2 Å². The van der Waals surface area contributed by atoms with Crippen molar-refractivity contribution in [1.29, 1.82) is 0 Å². The number of halogens is 3. The minimum atomic E-state index is -0.305. The molecule has 0 radical (unpaired) electrons. The van der Waals surface area contributed by atoms with Crippen LogP contribution < -0.4 is 4.74 Å². The van der Waals surface area contributed by atoms with E-state index in [2.05, 4.69) is 37.6 Å². The first-order valence-corrected chi connectivity index (χ1v) is 22.7. The van der Waals surface area contributed by atoms with Crippen molar-refractivity contribution in [3.63, 3.8) is 0 Å². The van der Waals surface area contributed by atoms with E-state index in [0.717, 1.165) is 114 Å². The number of rotatable bonds is 5. The summed E-state index contributed by atoms with van der Waals surface area (Å²) in [6, 6.07) is 22.9. The van der Waals surface area contributed by atoms with Crippen LogP contribution in [-0.2, 0) is 6.42 Å². The number of fused-ring (bicyclic) bond motifs is 9. The number of methoxy groups -OCH3 is 1. The molecule has 6 aromatic heterocycles. The van der Waals surface area contributed by atoms with Gasteiger partial charge >= 0.3 is 0 Å². The van der Waals surface area contributed by atoms with Crippen LogP contribution in [0.5, 0.6) is 5.75 Å². The second-order valence-corrected chi connectivity index (χ2v) is 17.4. The third-order valence-electron chi connectivity index (χ3n) is 12.5. The van der Waals surface area contributed by atoms with Crippen LogP contribution in [0.2, 0.25) is 5.02 Å². The highest BCUT2D eigenvalue weighted by Gasteiger charge is 2.24. The maximum absolute atomic E-state index is 13.8. The van der Waals surface area contributed by atoms with E-state index in [-0.39, 0.29) is 11.6 Å². The summed E-state index contributed by atoms with van der Waals surface area (Å²) in [5.74, 6) is 3.68. The Kier molecular flexibility index (Phi) is 12.0. The lowest BCUT2D eigenvalue weighted by atomic mass is 9.88. The van der Waals surface area contributed by atoms with Crippen LogP contribution in [0, 0.1) is 53.2 Å². The first-order chi connectivity index (χ1) is 31.4. The van der Waals surface area contributed by atoms with Crippen LogP contribution in [-0.4, -0.2) is 50.2 Å². The van der Waals surface area contributed by atoms with Crippen LogP contribution in [0.4, 0.5) is 8.78 Å². The molecule has 0 N–H and O–H groups in total. The maximum Gasteiger partial charge on any atom is 0.146 e. The summed E-state index contributed by atoms with van der Waals surface area (Å²) < 4.78 is 39.3. The van der Waals surface area contributed by atoms with E-state index in [1.165, 1.54) is 50.3 Å². The zero-order valence-corrected chi connectivity index (χ0v) is 38.9. The normalized spacial score (nSPS) is 13.2. The molecule has 4 aromatic carbocycles. The van der Waals surface area contributed by atoms with Crippen LogP contribution in [0.3, 0.4) is 0 Å². The Hall–Kier alpha value is -6.53. The van der Waals surface area contributed by atoms with Gasteiger partial charge in [-0.15, -0.1) is 0 Å². The Bertz CT molecular complexity index is 3440. The number of hydrogen-bond donors (Lipinski definition) is 0. The van der Waals surface area contributed by atoms with Gasteiger partial charge in [0.15, 0.2) is 0 Å². The van der Waals surface area contributed by atoms with Crippen molar-refractivity contribution in [2.45, 2.75) is 99.3 Å². The van der Waals surface area contributed by atoms with Crippen molar-refractivity contribution in [3.8, 4) is 17.1 Å². The summed E-state index contributed by atoms with van der Waals surface area (Å²) in [6.45, 7) is 14.2. The number of hydrogen-bond acceptors (Lipinski definition) is 7. The molecule has 1 fully saturated rings. The molecule has 10 nitrogen and oxygen atoms in total. The second-order valence-electron chi connectivity index (χ2n) is 17.0. The van der Waals surface area contributed by atoms with Gasteiger partial charge in [0.05, 0.1) is 95.9 Å². The van der Waals surface area contributed by atoms with E-state index in [1.54, 1.807) is 25.3 Å². The van der Waals surface area contributed by atoms with Crippen LogP contribution in [0.1, 0.15) is 97.2 Å². The van der Waals surface area contributed by atoms with E-state index in [9.17, 15) is 8.78 Å². The summed E-state index contributed by atoms with van der Waals surface area (Å²) in [6.07, 6.45) is 8.22. The van der Waals surface area contributed by atoms with Crippen molar-refractivity contribution in [2.75, 3.05) is 7.11 Å². The first kappa shape index (κ1) is 43.7. The number of ether oxygens (including phenoxy) is 1. The highest BCUT2D eigenvalue weighted by Crippen LogP contribution is 2.36. The number of benzene rings is 4. The summed E-state index contributed by atoms with van der Waals surface area (Å²) in [5, 5.41) is 0.610. The van der Waals surface area contributed by atoms with Crippen molar-refractivity contribution in [1.82, 2.24) is 43.1 Å². The molecule has 6 heterocycles. The smallest absolute Gasteiger partial charge is 0.146 e. The molecule has 13 heteroatoms. The third kappa shape index (κ3) is 8.02. The Balaban J connectivity index is 0.000000123. The van der Waals surface area contributed by atoms with Gasteiger partial charge < -0.3 is 4.74 Å². The molecule has 0 spiro atoms. The topological polar surface area (TPSA) is 99.8 Å². The fraction of sp³-hybridized carbons (Fsp3) is 0.308. The standard InChI is InChI=1S/C18H13ClFN3.C18H20FN3.C16H19N3O/c1-10-17-11(2)22-18(13-5-3-4-6-14(13)19)23(17)16-9-12(20)7-8-15(16)21-10;1-11-17-12(2)21-18(13-6-4-3-5-7-13)22(17)16-10-14(19)8-9-15(16)20-11;1-5-6-15-18-11(3)16-10(2)17-13-8-7-12(20-4)9-14(13)19(15)16/h3-9H,1-2H3;8-10,13H,3-7H2,1-2H3;7-9H,5-6H2,1-4H3. The van der Waals surface area contributed by atoms with Crippen molar-refractivity contribution in [3.05, 3.63) is 141 Å². The molecule has 0 bridgehead atoms. The Morgan fingerprint density at radius 1 is 0.585 bits per heavy atom. The quantitative estimate of drug-likeness (QED) is 0.170. The Labute approximate surface area is 381 Å². The van der Waals surface area contributed by atoms with Crippen molar-refractivity contribution < 1.29 is 13.5 Å². The Morgan fingerprint density at radius 3 is 1.69 bits per heavy atom. The van der Waals surface area contributed by atoms with Gasteiger partial charge in [0, 0.05) is 36.1 Å². The summed E-state index contributed by atoms with van der Waals surface area (Å²) in [5.41, 5.74) is 14.7. The molecule has 0 atom stereocenters. The molecular formula is C52H52ClF2N9O. The highest BCUT2D eigenvalue weighted by molar-refractivity contribution is 6.33. The molecule has 0 aliphatic heterocycles. The minimum absolute atomic E-state index is 0.222. The monoisotopic (exact) mass is 891 g/mol. The van der Waals surface area contributed by atoms with E-state index in [4.69, 9.17) is 31.3 Å². The zero-order chi connectivity index (χ0) is 45.7. The predicted molar refractivity (Wildman–Crippen MR) is 257 cm³/mol. The molecule has 332 valence electrons. The van der Waals surface area contributed by atoms with E-state index >= 15 is 0 Å². The summed E-state index contributed by atoms with van der Waals surface area (Å²) in [7, 11) is 1.69. The van der Waals surface area contributed by atoms with Gasteiger partial charge in [-0.2, -0.15) is 0 Å². The molecule has 0 unspecified atom stereocenters. The lowest BCUT2D eigenvalue weighted by molar-refractivity contribution is 0.415. The summed E-state index contributed by atoms with van der Waals surface area (Å²) >= 11 is 6.35. The molecule has 11 rings (SSSR count). The largest absolute Gasteiger partial charge is 0.497 e. The molecule has 10 aromatic rings. The van der Waals surface area contributed by atoms with Gasteiger partial charge in [-0.25, -0.2) is 38.7 Å². The molecule has 1 aliphatic rings. The van der Waals surface area contributed by atoms with Crippen LogP contribution in [0.25, 0.3) is 61.0 Å². The third-order valence-corrected chi connectivity index (χ3v) is 12.8. The van der Waals surface area contributed by atoms with Crippen LogP contribution in [0.15, 0.2) is 78.9 Å². The van der Waals surface area contributed by atoms with Gasteiger partial charge in [0.2, 0.25) is 0 Å². The van der Waals surface area contributed by atoms with Gasteiger partial charge in [-0.1, -0.05) is 49.9 Å². The molecule has 0 saturated heterocycles. The Morgan fingerprint density at radius 2 is 1.09 bits per heavy atom. The number of nitrogens with zero attached hydrogens (tertiary/aromatic N) is 9. The first-order valence-electron chi connectivity index (χ1n) is 22.3. The lowest BCUT2D eigenvalue weighted by Crippen LogP contribution is -2.09. The molecular weight excluding hydrogens is 840 g/mol. The number of imidazole rings is 3. The zero-order valence-electron chi connectivity index (χ0n) is 38.1. The number of aromatic nitrogens is 9. The average molecular weight is 892 g/mol. The van der Waals surface area contributed by atoms with Crippen molar-refractivity contribution >= 4 is 61.3 Å². The molecule has 1 saturated carbocycles. The highest BCUT2D eigenvalue weighted by atomic mass is 35.5. The van der Waals surface area contributed by atoms with Gasteiger partial charge in [0.1, 0.15) is 34.9 Å². The van der Waals surface area contributed by atoms with Gasteiger partial charge in [-0.05, 0) is 109 Å². The number of aryl methyl sites for hydroxylation is 7. The lowest BCUT2D eigenvalue weighted by Gasteiger charge is -2.21.